The van der Waals surface area contributed by atoms with Gasteiger partial charge in [-0.2, -0.15) is 0 Å². The summed E-state index contributed by atoms with van der Waals surface area (Å²) in [5.74, 6) is -0.157. The Balaban J connectivity index is 1.38. The predicted molar refractivity (Wildman–Crippen MR) is 122 cm³/mol. The van der Waals surface area contributed by atoms with E-state index in [4.69, 9.17) is 0 Å². The van der Waals surface area contributed by atoms with E-state index in [2.05, 4.69) is 20.3 Å². The maximum absolute atomic E-state index is 12.5. The molecule has 0 bridgehead atoms. The molecule has 1 heterocycles. The number of amides is 2. The van der Waals surface area contributed by atoms with Gasteiger partial charge in [0.1, 0.15) is 0 Å². The van der Waals surface area contributed by atoms with Gasteiger partial charge in [-0.15, -0.1) is 11.3 Å². The minimum absolute atomic E-state index is 0.0210. The van der Waals surface area contributed by atoms with Crippen LogP contribution in [0.3, 0.4) is 0 Å². The molecule has 0 radical (unpaired) electrons. The lowest BCUT2D eigenvalue weighted by atomic mass is 10.1. The van der Waals surface area contributed by atoms with Gasteiger partial charge < -0.3 is 5.32 Å². The summed E-state index contributed by atoms with van der Waals surface area (Å²) < 4.78 is 25.0. The van der Waals surface area contributed by atoms with Crippen molar-refractivity contribution in [3.63, 3.8) is 0 Å². The van der Waals surface area contributed by atoms with Crippen molar-refractivity contribution in [1.29, 1.82) is 0 Å². The molecule has 1 aromatic heterocycles. The summed E-state index contributed by atoms with van der Waals surface area (Å²) in [5.41, 5.74) is 3.05. The number of hydrogen-bond donors (Lipinski definition) is 3. The van der Waals surface area contributed by atoms with E-state index in [1.807, 2.05) is 5.38 Å². The molecule has 2 aromatic carbocycles. The molecular formula is C21H20N4O4S2. The highest BCUT2D eigenvalue weighted by molar-refractivity contribution is 7.92. The highest BCUT2D eigenvalue weighted by Crippen LogP contribution is 2.30. The average molecular weight is 457 g/mol. The predicted octanol–water partition coefficient (Wildman–Crippen LogP) is 3.78. The second-order valence-corrected chi connectivity index (χ2v) is 9.89. The molecule has 3 N–H and O–H groups in total. The van der Waals surface area contributed by atoms with E-state index in [1.165, 1.54) is 11.3 Å². The molecular weight excluding hydrogens is 436 g/mol. The fourth-order valence-corrected chi connectivity index (χ4v) is 4.13. The lowest BCUT2D eigenvalue weighted by molar-refractivity contribution is -0.117. The Kier molecular flexibility index (Phi) is 5.75. The first-order valence-electron chi connectivity index (χ1n) is 9.53. The minimum Gasteiger partial charge on any atom is -0.326 e. The standard InChI is InChI=1S/C21H20N4O4S2/c1-31(28,29)25-17-10-4-13(5-11-17)18-12-30-21(23-18)24-20(27)15-6-8-16(9-7-15)22-19(26)14-2-3-14/h4-12,14,25H,2-3H2,1H3,(H,22,26)(H,23,24,27). The quantitative estimate of drug-likeness (QED) is 0.500. The first kappa shape index (κ1) is 21.0. The van der Waals surface area contributed by atoms with Gasteiger partial charge in [-0.25, -0.2) is 13.4 Å². The Bertz CT molecular complexity index is 1220. The van der Waals surface area contributed by atoms with Crippen LogP contribution in [0.25, 0.3) is 11.3 Å². The van der Waals surface area contributed by atoms with Crippen molar-refractivity contribution in [1.82, 2.24) is 4.98 Å². The van der Waals surface area contributed by atoms with Gasteiger partial charge in [-0.05, 0) is 49.2 Å². The third-order valence-corrected chi connectivity index (χ3v) is 5.94. The third-order valence-electron chi connectivity index (χ3n) is 4.57. The van der Waals surface area contributed by atoms with Crippen molar-refractivity contribution < 1.29 is 18.0 Å². The molecule has 0 saturated heterocycles. The average Bonchev–Trinajstić information content (AvgIpc) is 3.48. The second-order valence-electron chi connectivity index (χ2n) is 7.28. The Morgan fingerprint density at radius 1 is 0.968 bits per heavy atom. The molecule has 160 valence electrons. The maximum Gasteiger partial charge on any atom is 0.257 e. The molecule has 0 spiro atoms. The first-order chi connectivity index (χ1) is 14.8. The fraction of sp³-hybridized carbons (Fsp3) is 0.190. The Hall–Kier alpha value is -3.24. The van der Waals surface area contributed by atoms with Gasteiger partial charge in [0.2, 0.25) is 15.9 Å². The van der Waals surface area contributed by atoms with E-state index in [9.17, 15) is 18.0 Å². The summed E-state index contributed by atoms with van der Waals surface area (Å²) in [6.07, 6.45) is 2.96. The van der Waals surface area contributed by atoms with Gasteiger partial charge in [-0.3, -0.25) is 19.6 Å². The van der Waals surface area contributed by atoms with E-state index in [-0.39, 0.29) is 17.7 Å². The van der Waals surface area contributed by atoms with Crippen molar-refractivity contribution in [3.05, 3.63) is 59.5 Å². The second kappa shape index (κ2) is 8.48. The van der Waals surface area contributed by atoms with Crippen LogP contribution >= 0.6 is 11.3 Å². The van der Waals surface area contributed by atoms with Crippen LogP contribution in [0.1, 0.15) is 23.2 Å². The number of thiazole rings is 1. The normalized spacial score (nSPS) is 13.5. The van der Waals surface area contributed by atoms with Gasteiger partial charge in [0, 0.05) is 33.8 Å². The molecule has 1 aliphatic rings. The van der Waals surface area contributed by atoms with E-state index in [1.54, 1.807) is 48.5 Å². The molecule has 3 aromatic rings. The summed E-state index contributed by atoms with van der Waals surface area (Å²) in [4.78, 5) is 28.7. The van der Waals surface area contributed by atoms with Gasteiger partial charge in [0.25, 0.3) is 5.91 Å². The number of nitrogens with zero attached hydrogens (tertiary/aromatic N) is 1. The monoisotopic (exact) mass is 456 g/mol. The zero-order valence-electron chi connectivity index (χ0n) is 16.6. The van der Waals surface area contributed by atoms with Crippen molar-refractivity contribution in [2.24, 2.45) is 5.92 Å². The number of anilines is 3. The molecule has 4 rings (SSSR count). The minimum atomic E-state index is -3.33. The van der Waals surface area contributed by atoms with Gasteiger partial charge in [0.05, 0.1) is 11.9 Å². The van der Waals surface area contributed by atoms with Gasteiger partial charge in [-0.1, -0.05) is 12.1 Å². The molecule has 2 amide bonds. The molecule has 1 saturated carbocycles. The summed E-state index contributed by atoms with van der Waals surface area (Å²) >= 11 is 1.29. The summed E-state index contributed by atoms with van der Waals surface area (Å²) in [6, 6.07) is 13.5. The van der Waals surface area contributed by atoms with Crippen molar-refractivity contribution in [2.75, 3.05) is 21.6 Å². The highest BCUT2D eigenvalue weighted by atomic mass is 32.2. The number of nitrogens with one attached hydrogen (secondary N) is 3. The van der Waals surface area contributed by atoms with Crippen molar-refractivity contribution in [2.45, 2.75) is 12.8 Å². The van der Waals surface area contributed by atoms with E-state index < -0.39 is 10.0 Å². The third kappa shape index (κ3) is 5.68. The maximum atomic E-state index is 12.5. The topological polar surface area (TPSA) is 117 Å². The van der Waals surface area contributed by atoms with Crippen molar-refractivity contribution in [3.8, 4) is 11.3 Å². The lowest BCUT2D eigenvalue weighted by Crippen LogP contribution is -2.14. The molecule has 0 aliphatic heterocycles. The Morgan fingerprint density at radius 2 is 1.61 bits per heavy atom. The van der Waals surface area contributed by atoms with Crippen LogP contribution in [0.4, 0.5) is 16.5 Å². The molecule has 1 fully saturated rings. The van der Waals surface area contributed by atoms with Crippen LogP contribution in [-0.4, -0.2) is 31.5 Å². The number of sulfonamides is 1. The van der Waals surface area contributed by atoms with Crippen LogP contribution in [0.15, 0.2) is 53.9 Å². The van der Waals surface area contributed by atoms with Crippen molar-refractivity contribution >= 4 is 49.7 Å². The number of hydrogen-bond acceptors (Lipinski definition) is 6. The Labute approximate surface area is 183 Å². The van der Waals surface area contributed by atoms with E-state index in [0.717, 1.165) is 24.7 Å². The summed E-state index contributed by atoms with van der Waals surface area (Å²) in [6.45, 7) is 0. The van der Waals surface area contributed by atoms with Crippen LogP contribution in [0, 0.1) is 5.92 Å². The summed E-state index contributed by atoms with van der Waals surface area (Å²) in [5, 5.41) is 7.87. The van der Waals surface area contributed by atoms with Crippen LogP contribution in [-0.2, 0) is 14.8 Å². The largest absolute Gasteiger partial charge is 0.326 e. The lowest BCUT2D eigenvalue weighted by Gasteiger charge is -2.06. The molecule has 0 atom stereocenters. The molecule has 8 nitrogen and oxygen atoms in total. The number of benzene rings is 2. The van der Waals surface area contributed by atoms with Gasteiger partial charge >= 0.3 is 0 Å². The molecule has 1 aliphatic carbocycles. The Morgan fingerprint density at radius 3 is 2.23 bits per heavy atom. The van der Waals surface area contributed by atoms with E-state index in [0.29, 0.717) is 27.8 Å². The van der Waals surface area contributed by atoms with Crippen LogP contribution in [0.2, 0.25) is 0 Å². The number of carbonyl (C=O) groups is 2. The zero-order valence-corrected chi connectivity index (χ0v) is 18.2. The number of rotatable bonds is 7. The van der Waals surface area contributed by atoms with Gasteiger partial charge in [0.15, 0.2) is 5.13 Å². The summed E-state index contributed by atoms with van der Waals surface area (Å²) in [7, 11) is -3.33. The van der Waals surface area contributed by atoms with Crippen LogP contribution in [0.5, 0.6) is 0 Å². The fourth-order valence-electron chi connectivity index (χ4n) is 2.85. The molecule has 31 heavy (non-hydrogen) atoms. The molecule has 10 heteroatoms. The first-order valence-corrected chi connectivity index (χ1v) is 12.3. The molecule has 0 unspecified atom stereocenters. The SMILES string of the molecule is CS(=O)(=O)Nc1ccc(-c2csc(NC(=O)c3ccc(NC(=O)C4CC4)cc3)n2)cc1. The number of carbonyl (C=O) groups excluding carboxylic acids is 2. The zero-order chi connectivity index (χ0) is 22.0. The van der Waals surface area contributed by atoms with E-state index >= 15 is 0 Å². The highest BCUT2D eigenvalue weighted by Gasteiger charge is 2.29. The number of aromatic nitrogens is 1. The smallest absolute Gasteiger partial charge is 0.257 e. The van der Waals surface area contributed by atoms with Crippen LogP contribution < -0.4 is 15.4 Å².